The third-order valence-corrected chi connectivity index (χ3v) is 6.83. The maximum Gasteiger partial charge on any atom is 0.314 e. The average molecular weight is 423 g/mol. The van der Waals surface area contributed by atoms with Gasteiger partial charge in [-0.2, -0.15) is 0 Å². The van der Waals surface area contributed by atoms with Gasteiger partial charge in [0, 0.05) is 22.9 Å². The van der Waals surface area contributed by atoms with Gasteiger partial charge in [0.25, 0.3) is 5.91 Å². The molecular formula is C23H21NO5S. The molecule has 1 amide bonds. The second-order valence-electron chi connectivity index (χ2n) is 7.40. The van der Waals surface area contributed by atoms with Crippen LogP contribution in [0, 0.1) is 5.92 Å². The minimum Gasteiger partial charge on any atom is -0.497 e. The summed E-state index contributed by atoms with van der Waals surface area (Å²) in [5.41, 5.74) is 0.891. The number of esters is 1. The van der Waals surface area contributed by atoms with Crippen molar-refractivity contribution >= 4 is 33.3 Å². The number of carbonyl (C=O) groups is 2. The van der Waals surface area contributed by atoms with Gasteiger partial charge in [-0.25, -0.2) is 0 Å². The van der Waals surface area contributed by atoms with Gasteiger partial charge in [-0.1, -0.05) is 18.2 Å². The van der Waals surface area contributed by atoms with Gasteiger partial charge in [0.15, 0.2) is 0 Å². The van der Waals surface area contributed by atoms with Crippen LogP contribution < -0.4 is 9.47 Å². The minimum atomic E-state index is -0.535. The maximum atomic E-state index is 13.5. The monoisotopic (exact) mass is 423 g/mol. The van der Waals surface area contributed by atoms with E-state index in [1.807, 2.05) is 42.5 Å². The normalized spacial score (nSPS) is 21.8. The van der Waals surface area contributed by atoms with Crippen molar-refractivity contribution in [2.45, 2.75) is 19.1 Å². The predicted molar refractivity (Wildman–Crippen MR) is 113 cm³/mol. The first-order chi connectivity index (χ1) is 14.6. The van der Waals surface area contributed by atoms with Gasteiger partial charge in [0.2, 0.25) is 0 Å². The molecule has 5 rings (SSSR count). The summed E-state index contributed by atoms with van der Waals surface area (Å²) in [6.07, 6.45) is -0.468. The van der Waals surface area contributed by atoms with Gasteiger partial charge in [-0.15, -0.1) is 11.3 Å². The Balaban J connectivity index is 1.54. The maximum absolute atomic E-state index is 13.5. The van der Waals surface area contributed by atoms with Crippen molar-refractivity contribution in [2.24, 2.45) is 5.92 Å². The van der Waals surface area contributed by atoms with Crippen molar-refractivity contribution < 1.29 is 23.8 Å². The van der Waals surface area contributed by atoms with Crippen LogP contribution in [0.4, 0.5) is 0 Å². The summed E-state index contributed by atoms with van der Waals surface area (Å²) >= 11 is 1.47. The largest absolute Gasteiger partial charge is 0.497 e. The summed E-state index contributed by atoms with van der Waals surface area (Å²) in [6, 6.07) is 15.1. The van der Waals surface area contributed by atoms with Crippen LogP contribution in [0.25, 0.3) is 10.1 Å². The molecule has 0 N–H and O–H groups in total. The zero-order chi connectivity index (χ0) is 20.8. The van der Waals surface area contributed by atoms with Crippen LogP contribution in [0.1, 0.15) is 28.2 Å². The van der Waals surface area contributed by atoms with Crippen molar-refractivity contribution in [1.29, 1.82) is 0 Å². The molecule has 30 heavy (non-hydrogen) atoms. The Morgan fingerprint density at radius 2 is 2.03 bits per heavy atom. The lowest BCUT2D eigenvalue weighted by Gasteiger charge is -2.22. The van der Waals surface area contributed by atoms with E-state index in [1.165, 1.54) is 11.3 Å². The fourth-order valence-electron chi connectivity index (χ4n) is 4.35. The molecule has 7 heteroatoms. The van der Waals surface area contributed by atoms with E-state index in [2.05, 4.69) is 0 Å². The standard InChI is InChI=1S/C23H21NO5S/c1-3-28-23(26)16-12-24(22(25)19-10-13-6-4-5-7-18(13)30-19)20-15-9-8-14(27-2)11-17(15)29-21(16)20/h4-11,16,20-21H,3,12H2,1-2H3/t16-,20+,21+/m1/s1. The second-order valence-corrected chi connectivity index (χ2v) is 8.48. The zero-order valence-corrected chi connectivity index (χ0v) is 17.5. The summed E-state index contributed by atoms with van der Waals surface area (Å²) in [5, 5.41) is 1.04. The van der Waals surface area contributed by atoms with Crippen LogP contribution in [0.2, 0.25) is 0 Å². The molecule has 3 atom stereocenters. The Bertz CT molecular complexity index is 1110. The molecule has 3 heterocycles. The first-order valence-corrected chi connectivity index (χ1v) is 10.7. The van der Waals surface area contributed by atoms with Crippen molar-refractivity contribution in [3.8, 4) is 11.5 Å². The molecule has 3 aromatic rings. The summed E-state index contributed by atoms with van der Waals surface area (Å²) in [6.45, 7) is 2.34. The van der Waals surface area contributed by atoms with Gasteiger partial charge in [0.05, 0.1) is 24.6 Å². The van der Waals surface area contributed by atoms with Gasteiger partial charge in [-0.3, -0.25) is 9.59 Å². The molecule has 0 unspecified atom stereocenters. The van der Waals surface area contributed by atoms with E-state index >= 15 is 0 Å². The molecular weight excluding hydrogens is 402 g/mol. The van der Waals surface area contributed by atoms with Crippen LogP contribution in [0.5, 0.6) is 11.5 Å². The fourth-order valence-corrected chi connectivity index (χ4v) is 5.37. The Morgan fingerprint density at radius 3 is 2.80 bits per heavy atom. The van der Waals surface area contributed by atoms with E-state index in [1.54, 1.807) is 25.0 Å². The zero-order valence-electron chi connectivity index (χ0n) is 16.7. The van der Waals surface area contributed by atoms with Gasteiger partial charge >= 0.3 is 5.97 Å². The van der Waals surface area contributed by atoms with Gasteiger partial charge in [0.1, 0.15) is 23.5 Å². The molecule has 1 saturated heterocycles. The van der Waals surface area contributed by atoms with E-state index in [4.69, 9.17) is 14.2 Å². The number of hydrogen-bond donors (Lipinski definition) is 0. The lowest BCUT2D eigenvalue weighted by Crippen LogP contribution is -2.31. The first kappa shape index (κ1) is 18.9. The summed E-state index contributed by atoms with van der Waals surface area (Å²) in [7, 11) is 1.59. The summed E-state index contributed by atoms with van der Waals surface area (Å²) in [4.78, 5) is 28.6. The number of hydrogen-bond acceptors (Lipinski definition) is 6. The minimum absolute atomic E-state index is 0.0923. The fraction of sp³-hybridized carbons (Fsp3) is 0.304. The quantitative estimate of drug-likeness (QED) is 0.593. The number of ether oxygens (including phenoxy) is 3. The lowest BCUT2D eigenvalue weighted by atomic mass is 9.98. The molecule has 6 nitrogen and oxygen atoms in total. The molecule has 2 aliphatic rings. The molecule has 1 fully saturated rings. The van der Waals surface area contributed by atoms with Crippen molar-refractivity contribution in [1.82, 2.24) is 4.90 Å². The van der Waals surface area contributed by atoms with E-state index < -0.39 is 12.0 Å². The highest BCUT2D eigenvalue weighted by Gasteiger charge is 2.54. The molecule has 0 radical (unpaired) electrons. The SMILES string of the molecule is CCOC(=O)[C@@H]1CN(C(=O)c2cc3ccccc3s2)[C@H]2c3ccc(OC)cc3O[C@@H]12. The van der Waals surface area contributed by atoms with Crippen LogP contribution in [-0.4, -0.2) is 43.1 Å². The van der Waals surface area contributed by atoms with Gasteiger partial charge in [-0.05, 0) is 36.6 Å². The highest BCUT2D eigenvalue weighted by molar-refractivity contribution is 7.20. The summed E-state index contributed by atoms with van der Waals surface area (Å²) < 4.78 is 17.8. The number of amides is 1. The molecule has 0 spiro atoms. The second kappa shape index (κ2) is 7.32. The molecule has 2 aliphatic heterocycles. The van der Waals surface area contributed by atoms with Crippen molar-refractivity contribution in [2.75, 3.05) is 20.3 Å². The number of likely N-dealkylation sites (tertiary alicyclic amines) is 1. The Labute approximate surface area is 178 Å². The van der Waals surface area contributed by atoms with E-state index in [0.29, 0.717) is 16.4 Å². The van der Waals surface area contributed by atoms with Crippen LogP contribution >= 0.6 is 11.3 Å². The molecule has 0 saturated carbocycles. The Morgan fingerprint density at radius 1 is 1.20 bits per heavy atom. The molecule has 154 valence electrons. The first-order valence-electron chi connectivity index (χ1n) is 9.91. The number of methoxy groups -OCH3 is 1. The topological polar surface area (TPSA) is 65.1 Å². The van der Waals surface area contributed by atoms with Crippen LogP contribution in [-0.2, 0) is 9.53 Å². The van der Waals surface area contributed by atoms with Crippen molar-refractivity contribution in [3.05, 3.63) is 59.0 Å². The van der Waals surface area contributed by atoms with Crippen molar-refractivity contribution in [3.63, 3.8) is 0 Å². The number of benzene rings is 2. The van der Waals surface area contributed by atoms with E-state index in [-0.39, 0.29) is 31.1 Å². The van der Waals surface area contributed by atoms with E-state index in [9.17, 15) is 9.59 Å². The molecule has 2 aromatic carbocycles. The number of fused-ring (bicyclic) bond motifs is 4. The van der Waals surface area contributed by atoms with E-state index in [0.717, 1.165) is 15.6 Å². The average Bonchev–Trinajstić information content (AvgIpc) is 3.44. The molecule has 0 bridgehead atoms. The number of rotatable bonds is 4. The predicted octanol–water partition coefficient (Wildman–Crippen LogP) is 4.05. The molecule has 1 aromatic heterocycles. The number of thiophene rings is 1. The van der Waals surface area contributed by atoms with Crippen LogP contribution in [0.3, 0.4) is 0 Å². The molecule has 0 aliphatic carbocycles. The highest BCUT2D eigenvalue weighted by atomic mass is 32.1. The Kier molecular flexibility index (Phi) is 4.62. The van der Waals surface area contributed by atoms with Crippen LogP contribution in [0.15, 0.2) is 48.5 Å². The third kappa shape index (κ3) is 2.92. The summed E-state index contributed by atoms with van der Waals surface area (Å²) in [5.74, 6) is 0.354. The number of carbonyl (C=O) groups excluding carboxylic acids is 2. The smallest absolute Gasteiger partial charge is 0.314 e. The Hall–Kier alpha value is -3.06. The third-order valence-electron chi connectivity index (χ3n) is 5.73. The highest BCUT2D eigenvalue weighted by Crippen LogP contribution is 2.49. The lowest BCUT2D eigenvalue weighted by molar-refractivity contribution is -0.149. The number of nitrogens with zero attached hydrogens (tertiary/aromatic N) is 1. The van der Waals surface area contributed by atoms with Gasteiger partial charge < -0.3 is 19.1 Å².